The minimum atomic E-state index is -1.05. The van der Waals surface area contributed by atoms with E-state index in [-0.39, 0.29) is 18.9 Å². The molecule has 0 aliphatic carbocycles. The number of carboxylic acids is 2. The Labute approximate surface area is 188 Å². The van der Waals surface area contributed by atoms with Crippen LogP contribution >= 0.6 is 0 Å². The lowest BCUT2D eigenvalue weighted by molar-refractivity contribution is -0.137. The molecule has 0 spiro atoms. The zero-order valence-electron chi connectivity index (χ0n) is 19.0. The molecule has 0 saturated heterocycles. The second-order valence-corrected chi connectivity index (χ2v) is 7.64. The molecule has 0 radical (unpaired) electrons. The van der Waals surface area contributed by atoms with Gasteiger partial charge in [0.1, 0.15) is 6.10 Å². The number of nitrogens with zero attached hydrogens (tertiary/aromatic N) is 1. The minimum absolute atomic E-state index is 0.000468. The van der Waals surface area contributed by atoms with Crippen LogP contribution in [-0.2, 0) is 20.8 Å². The van der Waals surface area contributed by atoms with Gasteiger partial charge in [0.25, 0.3) is 0 Å². The average Bonchev–Trinajstić information content (AvgIpc) is 3.17. The first-order valence-electron chi connectivity index (χ1n) is 10.7. The molecular weight excluding hydrogens is 414 g/mol. The van der Waals surface area contributed by atoms with Gasteiger partial charge in [-0.3, -0.25) is 9.59 Å². The van der Waals surface area contributed by atoms with E-state index in [9.17, 15) is 14.4 Å². The first-order valence-corrected chi connectivity index (χ1v) is 10.7. The Morgan fingerprint density at radius 1 is 1.16 bits per heavy atom. The number of carboxylic acid groups (broad SMARTS) is 2. The Morgan fingerprint density at radius 3 is 2.44 bits per heavy atom. The van der Waals surface area contributed by atoms with Gasteiger partial charge >= 0.3 is 11.9 Å². The largest absolute Gasteiger partial charge is 0.490 e. The van der Waals surface area contributed by atoms with Crippen LogP contribution in [0.4, 0.5) is 0 Å². The van der Waals surface area contributed by atoms with Crippen molar-refractivity contribution in [3.63, 3.8) is 0 Å². The fourth-order valence-corrected chi connectivity index (χ4v) is 3.63. The molecule has 1 unspecified atom stereocenters. The van der Waals surface area contributed by atoms with Crippen molar-refractivity contribution >= 4 is 23.4 Å². The Hall–Kier alpha value is -3.29. The molecule has 0 saturated carbocycles. The van der Waals surface area contributed by atoms with Crippen LogP contribution in [0, 0.1) is 0 Å². The van der Waals surface area contributed by atoms with E-state index in [1.54, 1.807) is 24.0 Å². The van der Waals surface area contributed by atoms with Gasteiger partial charge in [-0.15, -0.1) is 0 Å². The molecule has 1 heterocycles. The molecule has 1 atom stereocenters. The normalized spacial score (nSPS) is 15.7. The zero-order valence-corrected chi connectivity index (χ0v) is 19.0. The van der Waals surface area contributed by atoms with E-state index in [2.05, 4.69) is 0 Å². The summed E-state index contributed by atoms with van der Waals surface area (Å²) in [6, 6.07) is 3.60. The van der Waals surface area contributed by atoms with Crippen LogP contribution in [0.25, 0.3) is 5.57 Å². The number of aliphatic carboxylic acids is 2. The van der Waals surface area contributed by atoms with Gasteiger partial charge in [-0.05, 0) is 56.9 Å². The molecule has 1 aromatic carbocycles. The smallest absolute Gasteiger partial charge is 0.328 e. The van der Waals surface area contributed by atoms with Gasteiger partial charge in [0.15, 0.2) is 11.5 Å². The van der Waals surface area contributed by atoms with Crippen molar-refractivity contribution in [2.75, 3.05) is 19.7 Å². The number of hydrogen-bond donors (Lipinski definition) is 2. The quantitative estimate of drug-likeness (QED) is 0.396. The number of carbonyl (C=O) groups is 3. The molecule has 0 fully saturated rings. The molecule has 2 N–H and O–H groups in total. The lowest BCUT2D eigenvalue weighted by Gasteiger charge is -2.17. The van der Waals surface area contributed by atoms with Gasteiger partial charge in [-0.25, -0.2) is 4.79 Å². The van der Waals surface area contributed by atoms with Crippen LogP contribution in [0.1, 0.15) is 51.7 Å². The molecule has 2 rings (SSSR count). The summed E-state index contributed by atoms with van der Waals surface area (Å²) < 4.78 is 11.8. The first-order chi connectivity index (χ1) is 15.2. The van der Waals surface area contributed by atoms with E-state index in [0.717, 1.165) is 22.8 Å². The molecule has 1 aliphatic heterocycles. The highest BCUT2D eigenvalue weighted by atomic mass is 16.5. The first kappa shape index (κ1) is 25.0. The SMILES string of the molecule is CCN(CC)C(=O)/C=C(\C)c1ccc(OCCCC(=O)O)c2c1CC(/C(C)=C/C(=O)O)O2. The van der Waals surface area contributed by atoms with Crippen molar-refractivity contribution in [2.45, 2.75) is 53.1 Å². The zero-order chi connectivity index (χ0) is 23.8. The number of ether oxygens (including phenoxy) is 2. The van der Waals surface area contributed by atoms with Crippen molar-refractivity contribution in [1.29, 1.82) is 0 Å². The topological polar surface area (TPSA) is 113 Å². The summed E-state index contributed by atoms with van der Waals surface area (Å²) in [6.45, 7) is 8.85. The minimum Gasteiger partial charge on any atom is -0.490 e. The third kappa shape index (κ3) is 6.35. The second kappa shape index (κ2) is 11.4. The summed E-state index contributed by atoms with van der Waals surface area (Å²) in [6.07, 6.45) is 3.05. The van der Waals surface area contributed by atoms with Gasteiger partial charge < -0.3 is 24.6 Å². The number of benzene rings is 1. The molecular formula is C24H31NO7. The summed E-state index contributed by atoms with van der Waals surface area (Å²) in [7, 11) is 0. The standard InChI is InChI=1S/C24H31NO7/c1-5-25(6-2)21(26)12-15(3)17-9-10-19(31-11-7-8-22(27)28)24-18(17)14-20(32-24)16(4)13-23(29)30/h9-10,12-13,20H,5-8,11,14H2,1-4H3,(H,27,28)(H,29,30)/b15-12+,16-13+. The molecule has 8 nitrogen and oxygen atoms in total. The van der Waals surface area contributed by atoms with E-state index in [0.29, 0.717) is 43.0 Å². The molecule has 32 heavy (non-hydrogen) atoms. The van der Waals surface area contributed by atoms with Gasteiger partial charge in [0.2, 0.25) is 5.91 Å². The van der Waals surface area contributed by atoms with E-state index in [1.165, 1.54) is 0 Å². The molecule has 0 bridgehead atoms. The van der Waals surface area contributed by atoms with E-state index in [4.69, 9.17) is 19.7 Å². The average molecular weight is 446 g/mol. The summed E-state index contributed by atoms with van der Waals surface area (Å²) in [4.78, 5) is 36.1. The predicted molar refractivity (Wildman–Crippen MR) is 120 cm³/mol. The maximum atomic E-state index is 12.6. The van der Waals surface area contributed by atoms with Crippen molar-refractivity contribution < 1.29 is 34.1 Å². The highest BCUT2D eigenvalue weighted by Gasteiger charge is 2.30. The number of amides is 1. The number of likely N-dealkylation sites (N-methyl/N-ethyl adjacent to an activating group) is 1. The second-order valence-electron chi connectivity index (χ2n) is 7.64. The fraction of sp³-hybridized carbons (Fsp3) is 0.458. The van der Waals surface area contributed by atoms with Gasteiger partial charge in [0, 0.05) is 43.6 Å². The maximum absolute atomic E-state index is 12.6. The summed E-state index contributed by atoms with van der Waals surface area (Å²) in [5.74, 6) is -1.04. The molecule has 1 amide bonds. The predicted octanol–water partition coefficient (Wildman–Crippen LogP) is 3.54. The fourth-order valence-electron chi connectivity index (χ4n) is 3.63. The van der Waals surface area contributed by atoms with Crippen LogP contribution in [0.3, 0.4) is 0 Å². The lowest BCUT2D eigenvalue weighted by atomic mass is 9.95. The number of fused-ring (bicyclic) bond motifs is 1. The van der Waals surface area contributed by atoms with Gasteiger partial charge in [-0.2, -0.15) is 0 Å². The number of carbonyl (C=O) groups excluding carboxylic acids is 1. The van der Waals surface area contributed by atoms with Crippen molar-refractivity contribution in [3.8, 4) is 11.5 Å². The summed E-state index contributed by atoms with van der Waals surface area (Å²) >= 11 is 0. The van der Waals surface area contributed by atoms with Crippen LogP contribution in [-0.4, -0.2) is 58.8 Å². The Morgan fingerprint density at radius 2 is 1.84 bits per heavy atom. The van der Waals surface area contributed by atoms with E-state index < -0.39 is 18.0 Å². The molecule has 0 aromatic heterocycles. The maximum Gasteiger partial charge on any atom is 0.328 e. The third-order valence-electron chi connectivity index (χ3n) is 5.37. The number of allylic oxidation sites excluding steroid dienone is 1. The Kier molecular flexibility index (Phi) is 8.87. The van der Waals surface area contributed by atoms with Crippen molar-refractivity contribution in [2.24, 2.45) is 0 Å². The van der Waals surface area contributed by atoms with E-state index >= 15 is 0 Å². The van der Waals surface area contributed by atoms with Gasteiger partial charge in [0.05, 0.1) is 6.61 Å². The Bertz CT molecular complexity index is 929. The summed E-state index contributed by atoms with van der Waals surface area (Å²) in [5.41, 5.74) is 3.02. The van der Waals surface area contributed by atoms with Crippen molar-refractivity contribution in [3.05, 3.63) is 41.0 Å². The molecule has 1 aromatic rings. The summed E-state index contributed by atoms with van der Waals surface area (Å²) in [5, 5.41) is 17.9. The van der Waals surface area contributed by atoms with Crippen molar-refractivity contribution in [1.82, 2.24) is 4.90 Å². The van der Waals surface area contributed by atoms with Crippen LogP contribution in [0.2, 0.25) is 0 Å². The lowest BCUT2D eigenvalue weighted by Crippen LogP contribution is -2.28. The molecule has 174 valence electrons. The highest BCUT2D eigenvalue weighted by molar-refractivity contribution is 5.95. The van der Waals surface area contributed by atoms with Crippen LogP contribution < -0.4 is 9.47 Å². The Balaban J connectivity index is 2.38. The van der Waals surface area contributed by atoms with Crippen LogP contribution in [0.5, 0.6) is 11.5 Å². The third-order valence-corrected chi connectivity index (χ3v) is 5.37. The molecule has 8 heteroatoms. The van der Waals surface area contributed by atoms with Crippen LogP contribution in [0.15, 0.2) is 29.9 Å². The molecule has 1 aliphatic rings. The number of hydrogen-bond acceptors (Lipinski definition) is 5. The monoisotopic (exact) mass is 445 g/mol. The van der Waals surface area contributed by atoms with E-state index in [1.807, 2.05) is 26.8 Å². The highest BCUT2D eigenvalue weighted by Crippen LogP contribution is 2.43. The number of rotatable bonds is 11. The van der Waals surface area contributed by atoms with Gasteiger partial charge in [-0.1, -0.05) is 6.07 Å².